The van der Waals surface area contributed by atoms with Crippen LogP contribution in [0.2, 0.25) is 0 Å². The number of ether oxygens (including phenoxy) is 1. The molecule has 2 aliphatic rings. The molecule has 4 rings (SSSR count). The molecule has 1 aliphatic carbocycles. The summed E-state index contributed by atoms with van der Waals surface area (Å²) in [4.78, 5) is 15.2. The molecule has 2 atom stereocenters. The van der Waals surface area contributed by atoms with E-state index in [2.05, 4.69) is 24.1 Å². The van der Waals surface area contributed by atoms with Crippen molar-refractivity contribution >= 4 is 5.91 Å². The SMILES string of the molecule is COc1ccc(C#Cc2ccc(C(=O)N3CCCC(CN[C@H](C)C4CCCCC4)C3)cc2)cc1. The van der Waals surface area contributed by atoms with Crippen molar-refractivity contribution in [2.45, 2.75) is 57.9 Å². The van der Waals surface area contributed by atoms with Crippen LogP contribution in [0.4, 0.5) is 0 Å². The Hall–Kier alpha value is -2.77. The fraction of sp³-hybridized carbons (Fsp3) is 0.500. The van der Waals surface area contributed by atoms with Gasteiger partial charge in [0.25, 0.3) is 5.91 Å². The lowest BCUT2D eigenvalue weighted by molar-refractivity contribution is 0.0669. The zero-order valence-corrected chi connectivity index (χ0v) is 20.7. The second-order valence-electron chi connectivity index (χ2n) is 9.91. The Balaban J connectivity index is 1.29. The topological polar surface area (TPSA) is 41.6 Å². The average molecular weight is 459 g/mol. The second kappa shape index (κ2) is 12.1. The van der Waals surface area contributed by atoms with Gasteiger partial charge in [-0.15, -0.1) is 0 Å². The number of carbonyl (C=O) groups excluding carboxylic acids is 1. The average Bonchev–Trinajstić information content (AvgIpc) is 2.91. The number of rotatable bonds is 6. The number of nitrogens with one attached hydrogen (secondary N) is 1. The van der Waals surface area contributed by atoms with Crippen molar-refractivity contribution in [3.05, 3.63) is 65.2 Å². The number of benzene rings is 2. The molecule has 0 aromatic heterocycles. The van der Waals surface area contributed by atoms with E-state index in [0.29, 0.717) is 12.0 Å². The zero-order valence-electron chi connectivity index (χ0n) is 20.7. The first kappa shape index (κ1) is 24.4. The molecule has 0 spiro atoms. The maximum Gasteiger partial charge on any atom is 0.253 e. The summed E-state index contributed by atoms with van der Waals surface area (Å²) in [5, 5.41) is 3.80. The Labute approximate surface area is 205 Å². The highest BCUT2D eigenvalue weighted by Gasteiger charge is 2.26. The molecule has 0 radical (unpaired) electrons. The monoisotopic (exact) mass is 458 g/mol. The van der Waals surface area contributed by atoms with Crippen LogP contribution in [0.3, 0.4) is 0 Å². The van der Waals surface area contributed by atoms with Crippen LogP contribution in [-0.4, -0.2) is 43.6 Å². The molecule has 2 fully saturated rings. The molecule has 1 heterocycles. The highest BCUT2D eigenvalue weighted by atomic mass is 16.5. The minimum Gasteiger partial charge on any atom is -0.497 e. The minimum absolute atomic E-state index is 0.139. The summed E-state index contributed by atoms with van der Waals surface area (Å²) in [7, 11) is 1.66. The molecule has 0 bridgehead atoms. The number of hydrogen-bond donors (Lipinski definition) is 1. The lowest BCUT2D eigenvalue weighted by Gasteiger charge is -2.35. The van der Waals surface area contributed by atoms with Crippen molar-refractivity contribution < 1.29 is 9.53 Å². The lowest BCUT2D eigenvalue weighted by Crippen LogP contribution is -2.45. The molecule has 1 unspecified atom stereocenters. The number of carbonyl (C=O) groups is 1. The third-order valence-electron chi connectivity index (χ3n) is 7.46. The summed E-state index contributed by atoms with van der Waals surface area (Å²) in [5.74, 6) is 8.67. The smallest absolute Gasteiger partial charge is 0.253 e. The highest BCUT2D eigenvalue weighted by molar-refractivity contribution is 5.94. The maximum atomic E-state index is 13.1. The van der Waals surface area contributed by atoms with Gasteiger partial charge >= 0.3 is 0 Å². The van der Waals surface area contributed by atoms with Crippen LogP contribution in [0.1, 0.15) is 73.4 Å². The maximum absolute atomic E-state index is 13.1. The molecule has 1 N–H and O–H groups in total. The van der Waals surface area contributed by atoms with Crippen LogP contribution < -0.4 is 10.1 Å². The molecule has 2 aromatic rings. The predicted molar refractivity (Wildman–Crippen MR) is 138 cm³/mol. The highest BCUT2D eigenvalue weighted by Crippen LogP contribution is 2.27. The van der Waals surface area contributed by atoms with Gasteiger partial charge in [-0.05, 0) is 99.5 Å². The fourth-order valence-electron chi connectivity index (χ4n) is 5.27. The molecule has 4 nitrogen and oxygen atoms in total. The van der Waals surface area contributed by atoms with Crippen LogP contribution >= 0.6 is 0 Å². The van der Waals surface area contributed by atoms with E-state index in [1.807, 2.05) is 53.4 Å². The summed E-state index contributed by atoms with van der Waals surface area (Å²) in [5.41, 5.74) is 2.59. The standard InChI is InChI=1S/C30H38N2O2/c1-23(27-8-4-3-5-9-27)31-21-26-7-6-20-32(22-26)30(33)28-16-12-24(13-17-28)10-11-25-14-18-29(34-2)19-15-25/h12-19,23,26-27,31H,3-9,20-22H2,1-2H3/t23-,26?/m1/s1. The van der Waals surface area contributed by atoms with E-state index in [4.69, 9.17) is 4.74 Å². The molecule has 1 saturated heterocycles. The number of nitrogens with zero attached hydrogens (tertiary/aromatic N) is 1. The first-order valence-electron chi connectivity index (χ1n) is 12.9. The van der Waals surface area contributed by atoms with Crippen molar-refractivity contribution in [3.8, 4) is 17.6 Å². The summed E-state index contributed by atoms with van der Waals surface area (Å²) in [6.07, 6.45) is 9.19. The van der Waals surface area contributed by atoms with E-state index in [1.165, 1.54) is 38.5 Å². The number of piperidine rings is 1. The van der Waals surface area contributed by atoms with Crippen molar-refractivity contribution in [3.63, 3.8) is 0 Å². The Bertz CT molecular complexity index is 981. The molecular formula is C30H38N2O2. The Morgan fingerprint density at radius 3 is 2.26 bits per heavy atom. The van der Waals surface area contributed by atoms with E-state index in [9.17, 15) is 4.79 Å². The van der Waals surface area contributed by atoms with Crippen LogP contribution in [0.15, 0.2) is 48.5 Å². The Morgan fingerprint density at radius 2 is 1.62 bits per heavy atom. The van der Waals surface area contributed by atoms with E-state index < -0.39 is 0 Å². The largest absolute Gasteiger partial charge is 0.497 e. The fourth-order valence-corrected chi connectivity index (χ4v) is 5.27. The van der Waals surface area contributed by atoms with Gasteiger partial charge in [-0.2, -0.15) is 0 Å². The third kappa shape index (κ3) is 6.64. The minimum atomic E-state index is 0.139. The third-order valence-corrected chi connectivity index (χ3v) is 7.46. The summed E-state index contributed by atoms with van der Waals surface area (Å²) in [6.45, 7) is 5.07. The van der Waals surface area contributed by atoms with Crippen LogP contribution in [-0.2, 0) is 0 Å². The van der Waals surface area contributed by atoms with Gasteiger partial charge in [0, 0.05) is 35.8 Å². The summed E-state index contributed by atoms with van der Waals surface area (Å²) >= 11 is 0. The van der Waals surface area contributed by atoms with Gasteiger partial charge in [0.1, 0.15) is 5.75 Å². The number of likely N-dealkylation sites (tertiary alicyclic amines) is 1. The summed E-state index contributed by atoms with van der Waals surface area (Å²) < 4.78 is 5.19. The number of amides is 1. The first-order chi connectivity index (χ1) is 16.6. The Kier molecular flexibility index (Phi) is 8.66. The zero-order chi connectivity index (χ0) is 23.8. The molecule has 1 saturated carbocycles. The van der Waals surface area contributed by atoms with Gasteiger partial charge in [-0.25, -0.2) is 0 Å². The van der Waals surface area contributed by atoms with Crippen LogP contribution in [0.25, 0.3) is 0 Å². The van der Waals surface area contributed by atoms with Gasteiger partial charge in [-0.1, -0.05) is 31.1 Å². The normalized spacial score (nSPS) is 19.7. The molecule has 180 valence electrons. The van der Waals surface area contributed by atoms with Crippen molar-refractivity contribution in [2.75, 3.05) is 26.7 Å². The van der Waals surface area contributed by atoms with Crippen LogP contribution in [0.5, 0.6) is 5.75 Å². The van der Waals surface area contributed by atoms with Gasteiger partial charge in [-0.3, -0.25) is 4.79 Å². The van der Waals surface area contributed by atoms with Crippen LogP contribution in [0, 0.1) is 23.7 Å². The molecule has 1 amide bonds. The van der Waals surface area contributed by atoms with E-state index >= 15 is 0 Å². The molecule has 4 heteroatoms. The quantitative estimate of drug-likeness (QED) is 0.581. The summed E-state index contributed by atoms with van der Waals surface area (Å²) in [6, 6.07) is 16.0. The molecule has 2 aromatic carbocycles. The first-order valence-corrected chi connectivity index (χ1v) is 12.9. The number of hydrogen-bond acceptors (Lipinski definition) is 3. The van der Waals surface area contributed by atoms with E-state index in [-0.39, 0.29) is 5.91 Å². The predicted octanol–water partition coefficient (Wildman–Crippen LogP) is 5.51. The molecular weight excluding hydrogens is 420 g/mol. The number of methoxy groups -OCH3 is 1. The van der Waals surface area contributed by atoms with E-state index in [1.54, 1.807) is 7.11 Å². The van der Waals surface area contributed by atoms with Crippen molar-refractivity contribution in [1.82, 2.24) is 10.2 Å². The van der Waals surface area contributed by atoms with Gasteiger partial charge in [0.05, 0.1) is 7.11 Å². The van der Waals surface area contributed by atoms with Crippen molar-refractivity contribution in [1.29, 1.82) is 0 Å². The molecule has 34 heavy (non-hydrogen) atoms. The van der Waals surface area contributed by atoms with E-state index in [0.717, 1.165) is 54.4 Å². The van der Waals surface area contributed by atoms with Gasteiger partial charge in [0.2, 0.25) is 0 Å². The lowest BCUT2D eigenvalue weighted by atomic mass is 9.84. The molecule has 1 aliphatic heterocycles. The Morgan fingerprint density at radius 1 is 0.971 bits per heavy atom. The van der Waals surface area contributed by atoms with Gasteiger partial charge < -0.3 is 15.0 Å². The van der Waals surface area contributed by atoms with Crippen molar-refractivity contribution in [2.24, 2.45) is 11.8 Å². The second-order valence-corrected chi connectivity index (χ2v) is 9.91. The van der Waals surface area contributed by atoms with Gasteiger partial charge in [0.15, 0.2) is 0 Å².